The van der Waals surface area contributed by atoms with Gasteiger partial charge in [-0.15, -0.1) is 0 Å². The van der Waals surface area contributed by atoms with Gasteiger partial charge in [-0.1, -0.05) is 25.1 Å². The maximum absolute atomic E-state index is 12.0. The maximum Gasteiger partial charge on any atom is 0.222 e. The van der Waals surface area contributed by atoms with E-state index in [2.05, 4.69) is 0 Å². The number of rotatable bonds is 5. The van der Waals surface area contributed by atoms with Gasteiger partial charge in [0.2, 0.25) is 5.91 Å². The molecule has 21 heavy (non-hydrogen) atoms. The van der Waals surface area contributed by atoms with Crippen LogP contribution in [-0.2, 0) is 4.79 Å². The second kappa shape index (κ2) is 7.98. The molecule has 5 heteroatoms. The number of hydrogen-bond acceptors (Lipinski definition) is 3. The Morgan fingerprint density at radius 3 is 2.62 bits per heavy atom. The van der Waals surface area contributed by atoms with E-state index >= 15 is 0 Å². The van der Waals surface area contributed by atoms with Gasteiger partial charge in [0.15, 0.2) is 0 Å². The summed E-state index contributed by atoms with van der Waals surface area (Å²) in [5.41, 5.74) is 6.38. The van der Waals surface area contributed by atoms with Gasteiger partial charge < -0.3 is 15.4 Å². The van der Waals surface area contributed by atoms with E-state index in [1.165, 1.54) is 12.8 Å². The van der Waals surface area contributed by atoms with Gasteiger partial charge >= 0.3 is 0 Å². The molecule has 0 saturated carbocycles. The minimum absolute atomic E-state index is 0.252. The Morgan fingerprint density at radius 2 is 1.90 bits per heavy atom. The van der Waals surface area contributed by atoms with E-state index in [9.17, 15) is 4.79 Å². The summed E-state index contributed by atoms with van der Waals surface area (Å²) in [6.07, 6.45) is 5.16. The first-order chi connectivity index (χ1) is 10.2. The van der Waals surface area contributed by atoms with Crippen molar-refractivity contribution in [1.82, 2.24) is 4.90 Å². The van der Waals surface area contributed by atoms with Crippen LogP contribution in [0.3, 0.4) is 0 Å². The average Bonchev–Trinajstić information content (AvgIpc) is 2.46. The van der Waals surface area contributed by atoms with E-state index in [1.54, 1.807) is 0 Å². The Hall–Kier alpha value is -1.62. The van der Waals surface area contributed by atoms with Crippen LogP contribution < -0.4 is 10.5 Å². The molecule has 4 nitrogen and oxygen atoms in total. The Morgan fingerprint density at radius 1 is 1.19 bits per heavy atom. The van der Waals surface area contributed by atoms with Crippen LogP contribution in [0.1, 0.15) is 37.7 Å². The molecule has 1 amide bonds. The molecule has 2 N–H and O–H groups in total. The number of carbonyl (C=O) groups is 1. The van der Waals surface area contributed by atoms with E-state index in [-0.39, 0.29) is 5.91 Å². The van der Waals surface area contributed by atoms with Crippen LogP contribution in [0.25, 0.3) is 0 Å². The van der Waals surface area contributed by atoms with Crippen LogP contribution in [0.15, 0.2) is 24.3 Å². The lowest BCUT2D eigenvalue weighted by molar-refractivity contribution is -0.132. The Balaban J connectivity index is 1.79. The van der Waals surface area contributed by atoms with Crippen molar-refractivity contribution >= 4 is 23.1 Å². The summed E-state index contributed by atoms with van der Waals surface area (Å²) in [4.78, 5) is 14.3. The number of hydrogen-bond donors (Lipinski definition) is 1. The third-order valence-corrected chi connectivity index (χ3v) is 3.93. The third-order valence-electron chi connectivity index (χ3n) is 3.69. The molecule has 1 aliphatic heterocycles. The lowest BCUT2D eigenvalue weighted by Crippen LogP contribution is -2.36. The van der Waals surface area contributed by atoms with Crippen molar-refractivity contribution in [1.29, 1.82) is 0 Å². The van der Waals surface area contributed by atoms with E-state index in [0.29, 0.717) is 24.6 Å². The van der Waals surface area contributed by atoms with Crippen LogP contribution in [-0.4, -0.2) is 35.5 Å². The molecule has 114 valence electrons. The van der Waals surface area contributed by atoms with Gasteiger partial charge in [0.05, 0.1) is 6.54 Å². The van der Waals surface area contributed by atoms with E-state index < -0.39 is 0 Å². The highest BCUT2D eigenvalue weighted by atomic mass is 32.1. The fraction of sp³-hybridized carbons (Fsp3) is 0.500. The minimum Gasteiger partial charge on any atom is -0.492 e. The van der Waals surface area contributed by atoms with Crippen LogP contribution in [0, 0.1) is 0 Å². The molecule has 0 aliphatic carbocycles. The number of thiocarbonyl (C=S) groups is 1. The van der Waals surface area contributed by atoms with Crippen molar-refractivity contribution in [2.24, 2.45) is 5.73 Å². The van der Waals surface area contributed by atoms with Gasteiger partial charge in [-0.05, 0) is 37.1 Å². The highest BCUT2D eigenvalue weighted by molar-refractivity contribution is 7.80. The van der Waals surface area contributed by atoms with Gasteiger partial charge in [-0.3, -0.25) is 4.79 Å². The van der Waals surface area contributed by atoms with Crippen molar-refractivity contribution in [3.8, 4) is 5.75 Å². The molecule has 1 heterocycles. The number of ether oxygens (including phenoxy) is 1. The van der Waals surface area contributed by atoms with E-state index in [0.717, 1.165) is 30.7 Å². The number of benzene rings is 1. The number of carbonyl (C=O) groups excluding carboxylic acids is 1. The van der Waals surface area contributed by atoms with Gasteiger partial charge in [0.25, 0.3) is 0 Å². The summed E-state index contributed by atoms with van der Waals surface area (Å²) in [5.74, 6) is 1.02. The largest absolute Gasteiger partial charge is 0.492 e. The summed E-state index contributed by atoms with van der Waals surface area (Å²) in [5, 5.41) is 0. The Bertz CT molecular complexity index is 488. The second-order valence-electron chi connectivity index (χ2n) is 5.28. The Kier molecular flexibility index (Phi) is 5.99. The zero-order valence-corrected chi connectivity index (χ0v) is 13.0. The quantitative estimate of drug-likeness (QED) is 0.849. The van der Waals surface area contributed by atoms with Crippen LogP contribution in [0.2, 0.25) is 0 Å². The predicted molar refractivity (Wildman–Crippen MR) is 87.5 cm³/mol. The monoisotopic (exact) mass is 306 g/mol. The number of amides is 1. The topological polar surface area (TPSA) is 55.6 Å². The van der Waals surface area contributed by atoms with Crippen molar-refractivity contribution in [2.45, 2.75) is 32.1 Å². The van der Waals surface area contributed by atoms with E-state index in [4.69, 9.17) is 22.7 Å². The molecule has 1 aliphatic rings. The highest BCUT2D eigenvalue weighted by Crippen LogP contribution is 2.14. The number of likely N-dealkylation sites (tertiary alicyclic amines) is 1. The molecule has 0 spiro atoms. The number of nitrogens with two attached hydrogens (primary N) is 1. The second-order valence-corrected chi connectivity index (χ2v) is 5.72. The summed E-state index contributed by atoms with van der Waals surface area (Å²) in [6, 6.07) is 7.39. The predicted octanol–water partition coefficient (Wildman–Crippen LogP) is 2.49. The first-order valence-corrected chi connectivity index (χ1v) is 7.88. The first kappa shape index (κ1) is 15.8. The van der Waals surface area contributed by atoms with Crippen LogP contribution in [0.5, 0.6) is 5.75 Å². The zero-order chi connectivity index (χ0) is 15.1. The maximum atomic E-state index is 12.0. The third kappa shape index (κ3) is 5.01. The smallest absolute Gasteiger partial charge is 0.222 e. The van der Waals surface area contributed by atoms with Crippen molar-refractivity contribution in [3.05, 3.63) is 29.8 Å². The zero-order valence-electron chi connectivity index (χ0n) is 12.2. The van der Waals surface area contributed by atoms with E-state index in [1.807, 2.05) is 29.2 Å². The first-order valence-electron chi connectivity index (χ1n) is 7.47. The lowest BCUT2D eigenvalue weighted by Gasteiger charge is -2.24. The van der Waals surface area contributed by atoms with Crippen molar-refractivity contribution in [2.75, 3.05) is 19.7 Å². The fourth-order valence-electron chi connectivity index (χ4n) is 2.44. The number of nitrogens with zero attached hydrogens (tertiary/aromatic N) is 1. The SMILES string of the molecule is NC(=S)c1ccc(OCCN2CCCCCCC2=O)cc1. The molecular formula is C16H22N2O2S. The van der Waals surface area contributed by atoms with Crippen molar-refractivity contribution in [3.63, 3.8) is 0 Å². The van der Waals surface area contributed by atoms with Gasteiger partial charge in [-0.25, -0.2) is 0 Å². The van der Waals surface area contributed by atoms with Gasteiger partial charge in [0, 0.05) is 18.5 Å². The van der Waals surface area contributed by atoms with Gasteiger partial charge in [0.1, 0.15) is 17.3 Å². The summed E-state index contributed by atoms with van der Waals surface area (Å²) in [6.45, 7) is 2.01. The molecule has 1 fully saturated rings. The summed E-state index contributed by atoms with van der Waals surface area (Å²) < 4.78 is 5.69. The highest BCUT2D eigenvalue weighted by Gasteiger charge is 2.15. The van der Waals surface area contributed by atoms with Gasteiger partial charge in [-0.2, -0.15) is 0 Å². The van der Waals surface area contributed by atoms with Crippen LogP contribution in [0.4, 0.5) is 0 Å². The molecule has 0 bridgehead atoms. The summed E-state index contributed by atoms with van der Waals surface area (Å²) in [7, 11) is 0. The fourth-order valence-corrected chi connectivity index (χ4v) is 2.58. The molecular weight excluding hydrogens is 284 g/mol. The molecule has 0 radical (unpaired) electrons. The normalized spacial score (nSPS) is 16.2. The lowest BCUT2D eigenvalue weighted by atomic mass is 10.1. The standard InChI is InChI=1S/C16H22N2O2S/c17-16(21)13-6-8-14(9-7-13)20-12-11-18-10-4-2-1-3-5-15(18)19/h6-9H,1-5,10-12H2,(H2,17,21). The molecule has 0 unspecified atom stereocenters. The average molecular weight is 306 g/mol. The molecule has 0 atom stereocenters. The van der Waals surface area contributed by atoms with Crippen molar-refractivity contribution < 1.29 is 9.53 Å². The minimum atomic E-state index is 0.252. The molecule has 1 aromatic rings. The molecule has 1 saturated heterocycles. The van der Waals surface area contributed by atoms with Crippen LogP contribution >= 0.6 is 12.2 Å². The molecule has 2 rings (SSSR count). The summed E-state index contributed by atoms with van der Waals surface area (Å²) >= 11 is 4.91. The molecule has 0 aromatic heterocycles. The Labute approximate surface area is 131 Å². The molecule has 1 aromatic carbocycles.